The molecule has 2 N–H and O–H groups in total. The zero-order chi connectivity index (χ0) is 9.97. The summed E-state index contributed by atoms with van der Waals surface area (Å²) >= 11 is 3.06. The quantitative estimate of drug-likeness (QED) is 0.794. The van der Waals surface area contributed by atoms with E-state index in [0.29, 0.717) is 11.5 Å². The summed E-state index contributed by atoms with van der Waals surface area (Å²) in [6.45, 7) is 0. The zero-order valence-corrected chi connectivity index (χ0v) is 8.71. The van der Waals surface area contributed by atoms with Crippen molar-refractivity contribution in [3.63, 3.8) is 0 Å². The van der Waals surface area contributed by atoms with Crippen molar-refractivity contribution >= 4 is 38.7 Å². The van der Waals surface area contributed by atoms with Gasteiger partial charge < -0.3 is 10.3 Å². The second-order valence-electron chi connectivity index (χ2n) is 2.64. The molecule has 0 radical (unpaired) electrons. The molecule has 0 spiro atoms. The number of carbonyl (C=O) groups is 1. The van der Waals surface area contributed by atoms with E-state index in [-0.39, 0.29) is 11.2 Å². The first-order valence-corrected chi connectivity index (χ1v) is 5.07. The first-order chi connectivity index (χ1) is 6.81. The van der Waals surface area contributed by atoms with Crippen LogP contribution in [-0.4, -0.2) is 26.2 Å². The highest BCUT2D eigenvalue weighted by Gasteiger charge is 2.06. The highest BCUT2D eigenvalue weighted by molar-refractivity contribution is 9.09. The first-order valence-electron chi connectivity index (χ1n) is 3.95. The van der Waals surface area contributed by atoms with E-state index in [2.05, 4.69) is 36.2 Å². The average Bonchev–Trinajstić information content (AvgIpc) is 2.66. The number of H-pyrrole nitrogens is 1. The number of alkyl halides is 1. The van der Waals surface area contributed by atoms with Gasteiger partial charge in [0.15, 0.2) is 0 Å². The van der Waals surface area contributed by atoms with Crippen LogP contribution in [0.5, 0.6) is 0 Å². The van der Waals surface area contributed by atoms with Crippen LogP contribution in [0, 0.1) is 0 Å². The van der Waals surface area contributed by atoms with Crippen LogP contribution in [0.1, 0.15) is 0 Å². The average molecular weight is 255 g/mol. The fraction of sp³-hybridized carbons (Fsp3) is 0.125. The number of hydrogen-bond donors (Lipinski definition) is 2. The lowest BCUT2D eigenvalue weighted by molar-refractivity contribution is -0.113. The van der Waals surface area contributed by atoms with E-state index in [0.717, 1.165) is 5.39 Å². The summed E-state index contributed by atoms with van der Waals surface area (Å²) in [6, 6.07) is 1.82. The van der Waals surface area contributed by atoms with Gasteiger partial charge in [0.05, 0.1) is 10.7 Å². The van der Waals surface area contributed by atoms with E-state index < -0.39 is 0 Å². The predicted molar refractivity (Wildman–Crippen MR) is 56.3 cm³/mol. The number of halogens is 1. The molecule has 0 bridgehead atoms. The Hall–Kier alpha value is -1.43. The van der Waals surface area contributed by atoms with Gasteiger partial charge in [0.2, 0.25) is 5.91 Å². The van der Waals surface area contributed by atoms with Crippen LogP contribution in [0.25, 0.3) is 11.0 Å². The van der Waals surface area contributed by atoms with Crippen LogP contribution in [0.3, 0.4) is 0 Å². The van der Waals surface area contributed by atoms with Gasteiger partial charge in [-0.2, -0.15) is 0 Å². The van der Waals surface area contributed by atoms with Crippen LogP contribution < -0.4 is 5.32 Å². The molecule has 0 aliphatic heterocycles. The fourth-order valence-corrected chi connectivity index (χ4v) is 1.28. The third-order valence-corrected chi connectivity index (χ3v) is 2.24. The second kappa shape index (κ2) is 3.75. The molecule has 6 heteroatoms. The Morgan fingerprint density at radius 2 is 2.43 bits per heavy atom. The van der Waals surface area contributed by atoms with Crippen molar-refractivity contribution in [2.75, 3.05) is 10.6 Å². The van der Waals surface area contributed by atoms with Gasteiger partial charge in [-0.3, -0.25) is 4.79 Å². The summed E-state index contributed by atoms with van der Waals surface area (Å²) in [7, 11) is 0. The van der Waals surface area contributed by atoms with Crippen molar-refractivity contribution < 1.29 is 4.79 Å². The van der Waals surface area contributed by atoms with Gasteiger partial charge in [0.1, 0.15) is 17.8 Å². The number of aromatic amines is 1. The van der Waals surface area contributed by atoms with Crippen molar-refractivity contribution in [2.45, 2.75) is 0 Å². The molecule has 2 aromatic rings. The maximum atomic E-state index is 11.1. The van der Waals surface area contributed by atoms with E-state index in [4.69, 9.17) is 0 Å². The summed E-state index contributed by atoms with van der Waals surface area (Å²) in [5.74, 6) is 0.395. The van der Waals surface area contributed by atoms with Crippen molar-refractivity contribution in [1.29, 1.82) is 0 Å². The van der Waals surface area contributed by atoms with Crippen molar-refractivity contribution in [3.8, 4) is 0 Å². The molecule has 14 heavy (non-hydrogen) atoms. The van der Waals surface area contributed by atoms with E-state index in [1.54, 1.807) is 6.20 Å². The monoisotopic (exact) mass is 254 g/mol. The van der Waals surface area contributed by atoms with Crippen LogP contribution in [0.2, 0.25) is 0 Å². The minimum Gasteiger partial charge on any atom is -0.346 e. The summed E-state index contributed by atoms with van der Waals surface area (Å²) in [4.78, 5) is 22.0. The molecule has 0 aliphatic carbocycles. The fourth-order valence-electron chi connectivity index (χ4n) is 1.14. The summed E-state index contributed by atoms with van der Waals surface area (Å²) in [6.07, 6.45) is 3.16. The third-order valence-electron chi connectivity index (χ3n) is 1.73. The minimum absolute atomic E-state index is 0.133. The van der Waals surface area contributed by atoms with E-state index in [1.807, 2.05) is 6.07 Å². The topological polar surface area (TPSA) is 70.7 Å². The second-order valence-corrected chi connectivity index (χ2v) is 3.20. The number of rotatable bonds is 2. The molecule has 72 valence electrons. The number of hydrogen-bond acceptors (Lipinski definition) is 3. The Morgan fingerprint density at radius 1 is 1.57 bits per heavy atom. The maximum Gasteiger partial charge on any atom is 0.236 e. The van der Waals surface area contributed by atoms with E-state index in [9.17, 15) is 4.79 Å². The number of amides is 1. The smallest absolute Gasteiger partial charge is 0.236 e. The Balaban J connectivity index is 2.41. The molecule has 0 atom stereocenters. The summed E-state index contributed by atoms with van der Waals surface area (Å²) in [5, 5.41) is 3.72. The Bertz CT molecular complexity index is 467. The molecule has 0 fully saturated rings. The number of nitrogens with zero attached hydrogens (tertiary/aromatic N) is 2. The van der Waals surface area contributed by atoms with Crippen molar-refractivity contribution in [3.05, 3.63) is 18.6 Å². The molecular weight excluding hydrogens is 248 g/mol. The van der Waals surface area contributed by atoms with Crippen LogP contribution in [0.4, 0.5) is 5.82 Å². The summed E-state index contributed by atoms with van der Waals surface area (Å²) in [5.41, 5.74) is 0.713. The Kier molecular flexibility index (Phi) is 2.45. The molecule has 0 aliphatic rings. The van der Waals surface area contributed by atoms with Crippen LogP contribution in [-0.2, 0) is 4.79 Å². The van der Waals surface area contributed by atoms with Crippen LogP contribution in [0.15, 0.2) is 18.6 Å². The first kappa shape index (κ1) is 9.14. The van der Waals surface area contributed by atoms with Crippen molar-refractivity contribution in [1.82, 2.24) is 15.0 Å². The largest absolute Gasteiger partial charge is 0.346 e. The number of carbonyl (C=O) groups excluding carboxylic acids is 1. The molecule has 2 heterocycles. The van der Waals surface area contributed by atoms with Gasteiger partial charge in [-0.25, -0.2) is 9.97 Å². The zero-order valence-electron chi connectivity index (χ0n) is 7.12. The van der Waals surface area contributed by atoms with Gasteiger partial charge in [-0.15, -0.1) is 0 Å². The number of nitrogens with one attached hydrogen (secondary N) is 2. The van der Waals surface area contributed by atoms with Crippen LogP contribution >= 0.6 is 15.9 Å². The van der Waals surface area contributed by atoms with Gasteiger partial charge in [-0.05, 0) is 6.07 Å². The minimum atomic E-state index is -0.133. The normalized spacial score (nSPS) is 10.4. The van der Waals surface area contributed by atoms with E-state index in [1.165, 1.54) is 6.33 Å². The van der Waals surface area contributed by atoms with E-state index >= 15 is 0 Å². The third kappa shape index (κ3) is 1.60. The number of anilines is 1. The number of fused-ring (bicyclic) bond motifs is 1. The molecule has 2 aromatic heterocycles. The van der Waals surface area contributed by atoms with Crippen molar-refractivity contribution in [2.24, 2.45) is 0 Å². The molecule has 1 amide bonds. The van der Waals surface area contributed by atoms with Gasteiger partial charge >= 0.3 is 0 Å². The molecule has 0 saturated heterocycles. The lowest BCUT2D eigenvalue weighted by Gasteiger charge is -2.01. The lowest BCUT2D eigenvalue weighted by atomic mass is 10.4. The Morgan fingerprint density at radius 3 is 3.21 bits per heavy atom. The standard InChI is InChI=1S/C8H7BrN4O/c9-3-6(14)13-8-5-1-2-10-7(5)11-4-12-8/h1-2,4H,3H2,(H2,10,11,12,13,14). The highest BCUT2D eigenvalue weighted by atomic mass is 79.9. The molecule has 0 aromatic carbocycles. The SMILES string of the molecule is O=C(CBr)Nc1ncnc2[nH]ccc12. The summed E-state index contributed by atoms with van der Waals surface area (Å²) < 4.78 is 0. The molecule has 0 unspecified atom stereocenters. The van der Waals surface area contributed by atoms with Gasteiger partial charge in [0.25, 0.3) is 0 Å². The highest BCUT2D eigenvalue weighted by Crippen LogP contribution is 2.17. The molecule has 0 saturated carbocycles. The molecule has 5 nitrogen and oxygen atoms in total. The Labute approximate surface area is 88.1 Å². The van der Waals surface area contributed by atoms with Gasteiger partial charge in [0, 0.05) is 6.20 Å². The predicted octanol–water partition coefficient (Wildman–Crippen LogP) is 1.29. The maximum absolute atomic E-state index is 11.1. The molecule has 2 rings (SSSR count). The number of aromatic nitrogens is 3. The lowest BCUT2D eigenvalue weighted by Crippen LogP contribution is -2.13. The van der Waals surface area contributed by atoms with Gasteiger partial charge in [-0.1, -0.05) is 15.9 Å². The molecular formula is C8H7BrN4O.